The maximum absolute atomic E-state index is 10.6. The van der Waals surface area contributed by atoms with Gasteiger partial charge in [0.05, 0.1) is 23.8 Å². The molecule has 0 fully saturated rings. The van der Waals surface area contributed by atoms with Gasteiger partial charge in [-0.2, -0.15) is 0 Å². The molecule has 0 aliphatic heterocycles. The molecule has 1 aromatic heterocycles. The summed E-state index contributed by atoms with van der Waals surface area (Å²) in [6.07, 6.45) is 1.57. The third kappa shape index (κ3) is 2.34. The molecule has 0 radical (unpaired) electrons. The average molecular weight is 248 g/mol. The molecule has 6 nitrogen and oxygen atoms in total. The second-order valence-corrected chi connectivity index (χ2v) is 4.39. The Balaban J connectivity index is 2.27. The predicted octanol–water partition coefficient (Wildman–Crippen LogP) is 0.375. The van der Waals surface area contributed by atoms with E-state index in [2.05, 4.69) is 4.98 Å². The summed E-state index contributed by atoms with van der Waals surface area (Å²) in [5.41, 5.74) is 14.4. The quantitative estimate of drug-likeness (QED) is 0.724. The van der Waals surface area contributed by atoms with Crippen LogP contribution in [0.2, 0.25) is 0 Å². The highest BCUT2D eigenvalue weighted by molar-refractivity contribution is 5.76. The van der Waals surface area contributed by atoms with Crippen molar-refractivity contribution >= 4 is 17.0 Å². The Morgan fingerprint density at radius 2 is 2.22 bits per heavy atom. The first kappa shape index (κ1) is 12.5. The highest BCUT2D eigenvalue weighted by atomic mass is 16.4. The van der Waals surface area contributed by atoms with E-state index in [0.717, 1.165) is 16.6 Å². The van der Waals surface area contributed by atoms with Gasteiger partial charge >= 0.3 is 5.97 Å². The number of hydrogen-bond donors (Lipinski definition) is 3. The van der Waals surface area contributed by atoms with Crippen LogP contribution < -0.4 is 11.5 Å². The van der Waals surface area contributed by atoms with Gasteiger partial charge in [-0.3, -0.25) is 4.79 Å². The molecule has 0 bridgehead atoms. The lowest BCUT2D eigenvalue weighted by atomic mass is 9.98. The molecule has 2 unspecified atom stereocenters. The number of carboxylic acid groups (broad SMARTS) is 1. The van der Waals surface area contributed by atoms with E-state index in [-0.39, 0.29) is 6.42 Å². The van der Waals surface area contributed by atoms with Gasteiger partial charge in [0.2, 0.25) is 0 Å². The molecule has 0 saturated heterocycles. The minimum absolute atomic E-state index is 0.151. The van der Waals surface area contributed by atoms with Crippen molar-refractivity contribution in [3.63, 3.8) is 0 Å². The number of aliphatic carboxylic acids is 1. The Labute approximate surface area is 104 Å². The fourth-order valence-corrected chi connectivity index (χ4v) is 1.94. The summed E-state index contributed by atoms with van der Waals surface area (Å²) in [6, 6.07) is 4.50. The molecule has 6 heteroatoms. The summed E-state index contributed by atoms with van der Waals surface area (Å²) < 4.78 is 1.90. The van der Waals surface area contributed by atoms with Gasteiger partial charge in [0.25, 0.3) is 0 Å². The molecule has 0 aliphatic carbocycles. The summed E-state index contributed by atoms with van der Waals surface area (Å²) in [5, 5.41) is 8.70. The van der Waals surface area contributed by atoms with Gasteiger partial charge in [-0.1, -0.05) is 6.07 Å². The van der Waals surface area contributed by atoms with Crippen LogP contribution in [-0.4, -0.2) is 26.7 Å². The zero-order valence-corrected chi connectivity index (χ0v) is 10.1. The molecule has 2 aromatic rings. The highest BCUT2D eigenvalue weighted by Gasteiger charge is 2.19. The Hall–Kier alpha value is -1.92. The highest BCUT2D eigenvalue weighted by Crippen LogP contribution is 2.20. The molecule has 0 aliphatic rings. The predicted molar refractivity (Wildman–Crippen MR) is 67.9 cm³/mol. The summed E-state index contributed by atoms with van der Waals surface area (Å²) in [5.74, 6) is -0.947. The van der Waals surface area contributed by atoms with E-state index >= 15 is 0 Å². The maximum Gasteiger partial charge on any atom is 0.304 e. The molecule has 96 valence electrons. The Bertz CT molecular complexity index is 578. The van der Waals surface area contributed by atoms with E-state index in [1.807, 2.05) is 29.8 Å². The van der Waals surface area contributed by atoms with Crippen molar-refractivity contribution < 1.29 is 9.90 Å². The standard InChI is InChI=1S/C12H16N4O2/c1-16-6-15-9-4-7(2-3-10(9)16)12(14)8(13)5-11(17)18/h2-4,6,8,12H,5,13-14H2,1H3,(H,17,18). The lowest BCUT2D eigenvalue weighted by Crippen LogP contribution is -2.36. The molecule has 0 spiro atoms. The monoisotopic (exact) mass is 248 g/mol. The fraction of sp³-hybridized carbons (Fsp3) is 0.333. The molecule has 2 rings (SSSR count). The second-order valence-electron chi connectivity index (χ2n) is 4.39. The first-order chi connectivity index (χ1) is 8.49. The number of fused-ring (bicyclic) bond motifs is 1. The molecular weight excluding hydrogens is 232 g/mol. The number of aryl methyl sites for hydroxylation is 1. The van der Waals surface area contributed by atoms with Crippen LogP contribution in [0.25, 0.3) is 11.0 Å². The largest absolute Gasteiger partial charge is 0.481 e. The molecule has 1 aromatic carbocycles. The zero-order chi connectivity index (χ0) is 13.3. The van der Waals surface area contributed by atoms with Gasteiger partial charge in [-0.25, -0.2) is 4.98 Å². The first-order valence-corrected chi connectivity index (χ1v) is 5.63. The number of aromatic nitrogens is 2. The van der Waals surface area contributed by atoms with Crippen LogP contribution in [0, 0.1) is 0 Å². The molecule has 18 heavy (non-hydrogen) atoms. The van der Waals surface area contributed by atoms with Gasteiger partial charge < -0.3 is 21.1 Å². The molecule has 0 saturated carbocycles. The smallest absolute Gasteiger partial charge is 0.304 e. The van der Waals surface area contributed by atoms with Gasteiger partial charge in [0.1, 0.15) is 0 Å². The SMILES string of the molecule is Cn1cnc2cc(C(N)C(N)CC(=O)O)ccc21. The van der Waals surface area contributed by atoms with Crippen LogP contribution in [0.15, 0.2) is 24.5 Å². The van der Waals surface area contributed by atoms with Crippen LogP contribution >= 0.6 is 0 Å². The van der Waals surface area contributed by atoms with E-state index in [1.165, 1.54) is 0 Å². The van der Waals surface area contributed by atoms with Crippen molar-refractivity contribution in [1.82, 2.24) is 9.55 Å². The van der Waals surface area contributed by atoms with Crippen LogP contribution in [0.4, 0.5) is 0 Å². The number of carboxylic acids is 1. The van der Waals surface area contributed by atoms with Gasteiger partial charge in [-0.05, 0) is 17.7 Å². The minimum Gasteiger partial charge on any atom is -0.481 e. The van der Waals surface area contributed by atoms with Crippen molar-refractivity contribution in [3.8, 4) is 0 Å². The van der Waals surface area contributed by atoms with E-state index in [1.54, 1.807) is 6.33 Å². The van der Waals surface area contributed by atoms with Crippen molar-refractivity contribution in [2.24, 2.45) is 18.5 Å². The zero-order valence-electron chi connectivity index (χ0n) is 10.1. The van der Waals surface area contributed by atoms with Gasteiger partial charge in [0.15, 0.2) is 0 Å². The summed E-state index contributed by atoms with van der Waals surface area (Å²) in [6.45, 7) is 0. The Kier molecular flexibility index (Phi) is 3.31. The Morgan fingerprint density at radius 3 is 2.89 bits per heavy atom. The number of carbonyl (C=O) groups is 1. The van der Waals surface area contributed by atoms with E-state index in [4.69, 9.17) is 16.6 Å². The van der Waals surface area contributed by atoms with Crippen molar-refractivity contribution in [2.45, 2.75) is 18.5 Å². The first-order valence-electron chi connectivity index (χ1n) is 5.63. The number of hydrogen-bond acceptors (Lipinski definition) is 4. The van der Waals surface area contributed by atoms with Gasteiger partial charge in [-0.15, -0.1) is 0 Å². The van der Waals surface area contributed by atoms with E-state index < -0.39 is 18.1 Å². The number of rotatable bonds is 4. The number of nitrogens with zero attached hydrogens (tertiary/aromatic N) is 2. The van der Waals surface area contributed by atoms with Crippen LogP contribution in [0.1, 0.15) is 18.0 Å². The second kappa shape index (κ2) is 4.75. The van der Waals surface area contributed by atoms with E-state index in [9.17, 15) is 4.79 Å². The molecular formula is C12H16N4O2. The topological polar surface area (TPSA) is 107 Å². The minimum atomic E-state index is -0.947. The maximum atomic E-state index is 10.6. The molecule has 1 heterocycles. The third-order valence-electron chi connectivity index (χ3n) is 3.01. The molecule has 0 amide bonds. The lowest BCUT2D eigenvalue weighted by Gasteiger charge is -2.18. The van der Waals surface area contributed by atoms with Crippen LogP contribution in [0.3, 0.4) is 0 Å². The Morgan fingerprint density at radius 1 is 1.50 bits per heavy atom. The summed E-state index contributed by atoms with van der Waals surface area (Å²) in [4.78, 5) is 14.8. The number of benzene rings is 1. The summed E-state index contributed by atoms with van der Waals surface area (Å²) >= 11 is 0. The van der Waals surface area contributed by atoms with Crippen molar-refractivity contribution in [1.29, 1.82) is 0 Å². The fourth-order valence-electron chi connectivity index (χ4n) is 1.94. The molecule has 2 atom stereocenters. The lowest BCUT2D eigenvalue weighted by molar-refractivity contribution is -0.137. The van der Waals surface area contributed by atoms with Crippen LogP contribution in [0.5, 0.6) is 0 Å². The number of imidazole rings is 1. The van der Waals surface area contributed by atoms with Crippen molar-refractivity contribution in [3.05, 3.63) is 30.1 Å². The van der Waals surface area contributed by atoms with Crippen molar-refractivity contribution in [2.75, 3.05) is 0 Å². The van der Waals surface area contributed by atoms with Gasteiger partial charge in [0, 0.05) is 19.1 Å². The number of nitrogens with two attached hydrogens (primary N) is 2. The summed E-state index contributed by atoms with van der Waals surface area (Å²) in [7, 11) is 1.91. The third-order valence-corrected chi connectivity index (χ3v) is 3.01. The average Bonchev–Trinajstić information content (AvgIpc) is 2.69. The molecule has 5 N–H and O–H groups in total. The normalized spacial score (nSPS) is 14.6. The van der Waals surface area contributed by atoms with Crippen LogP contribution in [-0.2, 0) is 11.8 Å². The van der Waals surface area contributed by atoms with E-state index in [0.29, 0.717) is 0 Å².